The van der Waals surface area contributed by atoms with Gasteiger partial charge in [0.2, 0.25) is 0 Å². The Morgan fingerprint density at radius 3 is 2.78 bits per heavy atom. The van der Waals surface area contributed by atoms with Gasteiger partial charge < -0.3 is 15.0 Å². The summed E-state index contributed by atoms with van der Waals surface area (Å²) in [5.41, 5.74) is 6.69. The smallest absolute Gasteiger partial charge is 0.180 e. The molecule has 0 fully saturated rings. The Balaban J connectivity index is 2.37. The zero-order valence-corrected chi connectivity index (χ0v) is 11.5. The van der Waals surface area contributed by atoms with E-state index in [-0.39, 0.29) is 0 Å². The molecule has 5 nitrogen and oxygen atoms in total. The second-order valence-corrected chi connectivity index (χ2v) is 5.24. The minimum atomic E-state index is 0.403. The molecule has 2 N–H and O–H groups in total. The molecule has 0 aliphatic carbocycles. The van der Waals surface area contributed by atoms with Crippen LogP contribution in [0.5, 0.6) is 0 Å². The van der Waals surface area contributed by atoms with Crippen LogP contribution in [-0.4, -0.2) is 27.5 Å². The summed E-state index contributed by atoms with van der Waals surface area (Å²) in [6.45, 7) is 6.65. The van der Waals surface area contributed by atoms with Crippen molar-refractivity contribution in [3.8, 4) is 0 Å². The van der Waals surface area contributed by atoms with Gasteiger partial charge in [0.15, 0.2) is 11.5 Å². The molecule has 0 saturated heterocycles. The molecule has 2 aromatic heterocycles. The van der Waals surface area contributed by atoms with Crippen molar-refractivity contribution in [2.75, 3.05) is 17.7 Å². The Hall–Kier alpha value is -1.78. The third kappa shape index (κ3) is 2.39. The summed E-state index contributed by atoms with van der Waals surface area (Å²) in [4.78, 5) is 10.9. The molecule has 2 rings (SSSR count). The zero-order chi connectivity index (χ0) is 13.3. The molecular weight excluding hydrogens is 226 g/mol. The van der Waals surface area contributed by atoms with E-state index in [0.29, 0.717) is 17.8 Å². The highest BCUT2D eigenvalue weighted by molar-refractivity contribution is 5.66. The van der Waals surface area contributed by atoms with Gasteiger partial charge in [0.25, 0.3) is 0 Å². The zero-order valence-electron chi connectivity index (χ0n) is 11.5. The summed E-state index contributed by atoms with van der Waals surface area (Å²) in [6, 6.07) is 0.403. The molecular formula is C13H21N5. The third-order valence-corrected chi connectivity index (χ3v) is 3.18. The lowest BCUT2D eigenvalue weighted by Gasteiger charge is -2.27. The van der Waals surface area contributed by atoms with Crippen LogP contribution in [0.1, 0.15) is 27.2 Å². The molecule has 1 atom stereocenters. The number of fused-ring (bicyclic) bond motifs is 1. The van der Waals surface area contributed by atoms with Crippen molar-refractivity contribution < 1.29 is 0 Å². The quantitative estimate of drug-likeness (QED) is 0.899. The van der Waals surface area contributed by atoms with Crippen LogP contribution in [0.3, 0.4) is 0 Å². The molecule has 0 radical (unpaired) electrons. The van der Waals surface area contributed by atoms with Crippen LogP contribution < -0.4 is 10.6 Å². The summed E-state index contributed by atoms with van der Waals surface area (Å²) in [5.74, 6) is 2.01. The molecule has 0 bridgehead atoms. The molecule has 0 aliphatic heterocycles. The fourth-order valence-corrected chi connectivity index (χ4v) is 2.22. The van der Waals surface area contributed by atoms with Crippen LogP contribution in [0.2, 0.25) is 0 Å². The Labute approximate surface area is 108 Å². The molecule has 98 valence electrons. The van der Waals surface area contributed by atoms with E-state index in [1.54, 1.807) is 12.4 Å². The van der Waals surface area contributed by atoms with Gasteiger partial charge in [0.05, 0.1) is 6.20 Å². The Morgan fingerprint density at radius 1 is 1.39 bits per heavy atom. The lowest BCUT2D eigenvalue weighted by Crippen LogP contribution is -2.31. The normalized spacial score (nSPS) is 13.2. The maximum absolute atomic E-state index is 5.84. The highest BCUT2D eigenvalue weighted by atomic mass is 15.2. The fourth-order valence-electron chi connectivity index (χ4n) is 2.22. The van der Waals surface area contributed by atoms with Gasteiger partial charge in [-0.05, 0) is 19.3 Å². The van der Waals surface area contributed by atoms with Gasteiger partial charge in [-0.3, -0.25) is 0 Å². The first-order valence-electron chi connectivity index (χ1n) is 6.31. The molecule has 0 saturated carbocycles. The Bertz CT molecular complexity index is 531. The first kappa shape index (κ1) is 12.7. The summed E-state index contributed by atoms with van der Waals surface area (Å²) in [7, 11) is 2.05. The molecule has 5 heteroatoms. The fraction of sp³-hybridized carbons (Fsp3) is 0.538. The molecule has 2 heterocycles. The number of hydrogen-bond donors (Lipinski definition) is 1. The van der Waals surface area contributed by atoms with Crippen LogP contribution in [0.4, 0.5) is 11.6 Å². The van der Waals surface area contributed by atoms with Crippen LogP contribution in [0.25, 0.3) is 5.65 Å². The van der Waals surface area contributed by atoms with E-state index < -0.39 is 0 Å². The summed E-state index contributed by atoms with van der Waals surface area (Å²) in [5, 5.41) is 0. The standard InChI is InChI=1S/C13H21N5/c1-9(2)7-10(3)17(4)13-12-15-5-6-18(12)8-11(14)16-13/h5-6,8-10H,7,14H2,1-4H3. The van der Waals surface area contributed by atoms with Crippen LogP contribution in [-0.2, 0) is 0 Å². The van der Waals surface area contributed by atoms with Gasteiger partial charge in [0.1, 0.15) is 5.82 Å². The van der Waals surface area contributed by atoms with E-state index in [1.165, 1.54) is 0 Å². The van der Waals surface area contributed by atoms with Crippen molar-refractivity contribution >= 4 is 17.3 Å². The van der Waals surface area contributed by atoms with Gasteiger partial charge in [-0.1, -0.05) is 13.8 Å². The molecule has 0 aliphatic rings. The Morgan fingerprint density at radius 2 is 2.11 bits per heavy atom. The number of nitrogen functional groups attached to an aromatic ring is 1. The number of nitrogens with zero attached hydrogens (tertiary/aromatic N) is 4. The minimum absolute atomic E-state index is 0.403. The van der Waals surface area contributed by atoms with Crippen molar-refractivity contribution in [2.24, 2.45) is 5.92 Å². The lowest BCUT2D eigenvalue weighted by molar-refractivity contribution is 0.502. The van der Waals surface area contributed by atoms with E-state index in [4.69, 9.17) is 5.73 Å². The second kappa shape index (κ2) is 4.84. The van der Waals surface area contributed by atoms with E-state index in [1.807, 2.05) is 17.6 Å². The van der Waals surface area contributed by atoms with Crippen molar-refractivity contribution in [2.45, 2.75) is 33.2 Å². The summed E-state index contributed by atoms with van der Waals surface area (Å²) in [6.07, 6.45) is 6.55. The predicted molar refractivity (Wildman–Crippen MR) is 74.7 cm³/mol. The maximum atomic E-state index is 5.84. The average molecular weight is 247 g/mol. The van der Waals surface area contributed by atoms with Crippen LogP contribution in [0, 0.1) is 5.92 Å². The SMILES string of the molecule is CC(C)CC(C)N(C)c1nc(N)cn2ccnc12. The topological polar surface area (TPSA) is 59.5 Å². The Kier molecular flexibility index (Phi) is 3.41. The van der Waals surface area contributed by atoms with Crippen LogP contribution >= 0.6 is 0 Å². The average Bonchev–Trinajstić information content (AvgIpc) is 2.73. The predicted octanol–water partition coefficient (Wildman–Crippen LogP) is 2.18. The highest BCUT2D eigenvalue weighted by Crippen LogP contribution is 2.22. The first-order chi connectivity index (χ1) is 8.49. The molecule has 18 heavy (non-hydrogen) atoms. The first-order valence-corrected chi connectivity index (χ1v) is 6.31. The number of aromatic nitrogens is 3. The number of hydrogen-bond acceptors (Lipinski definition) is 4. The number of rotatable bonds is 4. The maximum Gasteiger partial charge on any atom is 0.180 e. The van der Waals surface area contributed by atoms with Crippen molar-refractivity contribution in [1.82, 2.24) is 14.4 Å². The molecule has 0 aromatic carbocycles. The van der Waals surface area contributed by atoms with Gasteiger partial charge in [0, 0.05) is 25.5 Å². The van der Waals surface area contributed by atoms with E-state index in [9.17, 15) is 0 Å². The number of anilines is 2. The lowest BCUT2D eigenvalue weighted by atomic mass is 10.0. The summed E-state index contributed by atoms with van der Waals surface area (Å²) < 4.78 is 1.91. The van der Waals surface area contributed by atoms with Crippen LogP contribution in [0.15, 0.2) is 18.6 Å². The van der Waals surface area contributed by atoms with Gasteiger partial charge in [-0.15, -0.1) is 0 Å². The van der Waals surface area contributed by atoms with Gasteiger partial charge in [-0.2, -0.15) is 0 Å². The molecule has 1 unspecified atom stereocenters. The van der Waals surface area contributed by atoms with E-state index >= 15 is 0 Å². The van der Waals surface area contributed by atoms with E-state index in [0.717, 1.165) is 17.9 Å². The van der Waals surface area contributed by atoms with Gasteiger partial charge >= 0.3 is 0 Å². The van der Waals surface area contributed by atoms with E-state index in [2.05, 4.69) is 35.6 Å². The second-order valence-electron chi connectivity index (χ2n) is 5.24. The molecule has 0 amide bonds. The monoisotopic (exact) mass is 247 g/mol. The van der Waals surface area contributed by atoms with Crippen molar-refractivity contribution in [3.63, 3.8) is 0 Å². The number of imidazole rings is 1. The molecule has 2 aromatic rings. The van der Waals surface area contributed by atoms with Crippen molar-refractivity contribution in [3.05, 3.63) is 18.6 Å². The number of nitrogens with two attached hydrogens (primary N) is 1. The largest absolute Gasteiger partial charge is 0.382 e. The van der Waals surface area contributed by atoms with Gasteiger partial charge in [-0.25, -0.2) is 9.97 Å². The van der Waals surface area contributed by atoms with Crippen molar-refractivity contribution in [1.29, 1.82) is 0 Å². The highest BCUT2D eigenvalue weighted by Gasteiger charge is 2.17. The molecule has 0 spiro atoms. The summed E-state index contributed by atoms with van der Waals surface area (Å²) >= 11 is 0. The minimum Gasteiger partial charge on any atom is -0.382 e. The third-order valence-electron chi connectivity index (χ3n) is 3.18.